The number of sulfonamides is 1. The molecule has 0 aliphatic carbocycles. The number of nitrogens with two attached hydrogens (primary N) is 1. The van der Waals surface area contributed by atoms with E-state index >= 15 is 0 Å². The highest BCUT2D eigenvalue weighted by atomic mass is 35.5. The molecule has 25 heavy (non-hydrogen) atoms. The van der Waals surface area contributed by atoms with Gasteiger partial charge < -0.3 is 11.1 Å². The summed E-state index contributed by atoms with van der Waals surface area (Å²) >= 11 is 1.18. The fourth-order valence-electron chi connectivity index (χ4n) is 2.64. The van der Waals surface area contributed by atoms with Gasteiger partial charge in [-0.05, 0) is 37.8 Å². The van der Waals surface area contributed by atoms with Crippen molar-refractivity contribution in [3.63, 3.8) is 0 Å². The van der Waals surface area contributed by atoms with Gasteiger partial charge in [0.25, 0.3) is 10.0 Å². The number of carbonyl (C=O) groups is 1. The zero-order chi connectivity index (χ0) is 17.8. The predicted molar refractivity (Wildman–Crippen MR) is 104 cm³/mol. The summed E-state index contributed by atoms with van der Waals surface area (Å²) in [5, 5.41) is 2.86. The molecule has 0 bridgehead atoms. The molecular formula is C16H28ClN3O3S2. The van der Waals surface area contributed by atoms with Gasteiger partial charge in [0.15, 0.2) is 0 Å². The summed E-state index contributed by atoms with van der Waals surface area (Å²) in [4.78, 5) is 12.8. The standard InChI is InChI=1S/C16H27N3O3S2.ClH/c1-3-16(17,4-2)12-18-14(20)11-13-7-8-15(23-13)24(21,22)19-9-5-6-10-19;/h7-8H,3-6,9-12,17H2,1-2H3,(H,18,20);1H. The summed E-state index contributed by atoms with van der Waals surface area (Å²) < 4.78 is 26.8. The van der Waals surface area contributed by atoms with Crippen molar-refractivity contribution < 1.29 is 13.2 Å². The number of thiophene rings is 1. The van der Waals surface area contributed by atoms with Gasteiger partial charge in [-0.25, -0.2) is 8.42 Å². The van der Waals surface area contributed by atoms with Gasteiger partial charge in [-0.2, -0.15) is 4.31 Å². The van der Waals surface area contributed by atoms with Crippen molar-refractivity contribution in [1.82, 2.24) is 9.62 Å². The highest BCUT2D eigenvalue weighted by molar-refractivity contribution is 7.91. The van der Waals surface area contributed by atoms with Crippen molar-refractivity contribution in [3.05, 3.63) is 17.0 Å². The van der Waals surface area contributed by atoms with E-state index in [1.54, 1.807) is 12.1 Å². The molecule has 0 saturated carbocycles. The van der Waals surface area contributed by atoms with E-state index in [1.807, 2.05) is 13.8 Å². The van der Waals surface area contributed by atoms with E-state index in [2.05, 4.69) is 5.32 Å². The molecule has 1 amide bonds. The minimum Gasteiger partial charge on any atom is -0.354 e. The fourth-order valence-corrected chi connectivity index (χ4v) is 5.67. The minimum absolute atomic E-state index is 0. The van der Waals surface area contributed by atoms with Crippen LogP contribution in [0, 0.1) is 0 Å². The Bertz CT molecular complexity index is 666. The number of hydrogen-bond acceptors (Lipinski definition) is 5. The summed E-state index contributed by atoms with van der Waals surface area (Å²) in [5.41, 5.74) is 5.79. The van der Waals surface area contributed by atoms with Crippen LogP contribution in [0.15, 0.2) is 16.3 Å². The van der Waals surface area contributed by atoms with E-state index in [0.29, 0.717) is 23.8 Å². The van der Waals surface area contributed by atoms with Crippen LogP contribution in [0.5, 0.6) is 0 Å². The van der Waals surface area contributed by atoms with Gasteiger partial charge >= 0.3 is 0 Å². The smallest absolute Gasteiger partial charge is 0.252 e. The first-order valence-electron chi connectivity index (χ1n) is 8.45. The van der Waals surface area contributed by atoms with Crippen LogP contribution in [0.1, 0.15) is 44.4 Å². The molecule has 0 radical (unpaired) electrons. The fraction of sp³-hybridized carbons (Fsp3) is 0.688. The van der Waals surface area contributed by atoms with Crippen molar-refractivity contribution in [1.29, 1.82) is 0 Å². The van der Waals surface area contributed by atoms with Gasteiger partial charge in [0.05, 0.1) is 6.42 Å². The topological polar surface area (TPSA) is 92.5 Å². The first kappa shape index (κ1) is 22.4. The molecule has 144 valence electrons. The third-order valence-electron chi connectivity index (χ3n) is 4.68. The lowest BCUT2D eigenvalue weighted by molar-refractivity contribution is -0.120. The molecule has 1 aromatic rings. The average Bonchev–Trinajstić information content (AvgIpc) is 3.24. The van der Waals surface area contributed by atoms with Crippen LogP contribution in [0.25, 0.3) is 0 Å². The van der Waals surface area contributed by atoms with Gasteiger partial charge in [-0.15, -0.1) is 23.7 Å². The van der Waals surface area contributed by atoms with Crippen molar-refractivity contribution in [3.8, 4) is 0 Å². The first-order chi connectivity index (χ1) is 11.3. The van der Waals surface area contributed by atoms with Gasteiger partial charge in [0.1, 0.15) is 4.21 Å². The summed E-state index contributed by atoms with van der Waals surface area (Å²) in [6, 6.07) is 3.33. The molecule has 2 rings (SSSR count). The summed E-state index contributed by atoms with van der Waals surface area (Å²) in [6.45, 7) is 5.61. The number of carbonyl (C=O) groups excluding carboxylic acids is 1. The number of rotatable bonds is 8. The highest BCUT2D eigenvalue weighted by Crippen LogP contribution is 2.27. The second kappa shape index (κ2) is 9.32. The molecule has 9 heteroatoms. The Morgan fingerprint density at radius 3 is 2.44 bits per heavy atom. The van der Waals surface area contributed by atoms with E-state index in [9.17, 15) is 13.2 Å². The Morgan fingerprint density at radius 1 is 1.28 bits per heavy atom. The Kier molecular flexibility index (Phi) is 8.34. The number of nitrogens with zero attached hydrogens (tertiary/aromatic N) is 1. The van der Waals surface area contributed by atoms with Gasteiger partial charge in [-0.1, -0.05) is 13.8 Å². The summed E-state index contributed by atoms with van der Waals surface area (Å²) in [7, 11) is -3.40. The van der Waals surface area contributed by atoms with Crippen LogP contribution in [0.4, 0.5) is 0 Å². The van der Waals surface area contributed by atoms with Crippen molar-refractivity contribution in [2.75, 3.05) is 19.6 Å². The predicted octanol–water partition coefficient (Wildman–Crippen LogP) is 2.13. The minimum atomic E-state index is -3.40. The zero-order valence-electron chi connectivity index (χ0n) is 14.8. The lowest BCUT2D eigenvalue weighted by Gasteiger charge is -2.26. The highest BCUT2D eigenvalue weighted by Gasteiger charge is 2.28. The quantitative estimate of drug-likeness (QED) is 0.687. The molecule has 0 unspecified atom stereocenters. The average molecular weight is 410 g/mol. The number of halogens is 1. The van der Waals surface area contributed by atoms with Crippen LogP contribution in [-0.2, 0) is 21.2 Å². The van der Waals surface area contributed by atoms with Crippen molar-refractivity contribution in [2.45, 2.75) is 55.7 Å². The van der Waals surface area contributed by atoms with E-state index < -0.39 is 10.0 Å². The van der Waals surface area contributed by atoms with E-state index in [-0.39, 0.29) is 30.3 Å². The first-order valence-corrected chi connectivity index (χ1v) is 10.7. The third kappa shape index (κ3) is 5.65. The van der Waals surface area contributed by atoms with Crippen molar-refractivity contribution >= 4 is 39.7 Å². The maximum atomic E-state index is 12.5. The number of amides is 1. The van der Waals surface area contributed by atoms with E-state index in [1.165, 1.54) is 15.6 Å². The maximum absolute atomic E-state index is 12.5. The SMILES string of the molecule is CCC(N)(CC)CNC(=O)Cc1ccc(S(=O)(=O)N2CCCC2)s1.Cl. The molecule has 1 aromatic heterocycles. The molecule has 3 N–H and O–H groups in total. The van der Waals surface area contributed by atoms with Gasteiger partial charge in [0, 0.05) is 30.1 Å². The molecule has 1 fully saturated rings. The van der Waals surface area contributed by atoms with Crippen LogP contribution in [-0.4, -0.2) is 43.8 Å². The Morgan fingerprint density at radius 2 is 1.88 bits per heavy atom. The molecular weight excluding hydrogens is 382 g/mol. The third-order valence-corrected chi connectivity index (χ3v) is 8.13. The molecule has 0 spiro atoms. The lowest BCUT2D eigenvalue weighted by Crippen LogP contribution is -2.49. The normalized spacial score (nSPS) is 15.8. The number of nitrogens with one attached hydrogen (secondary N) is 1. The second-order valence-electron chi connectivity index (χ2n) is 6.35. The number of hydrogen-bond donors (Lipinski definition) is 2. The van der Waals surface area contributed by atoms with Crippen LogP contribution in [0.3, 0.4) is 0 Å². The van der Waals surface area contributed by atoms with E-state index in [0.717, 1.165) is 30.6 Å². The van der Waals surface area contributed by atoms with Gasteiger partial charge in [-0.3, -0.25) is 4.79 Å². The molecule has 1 aliphatic rings. The second-order valence-corrected chi connectivity index (χ2v) is 9.69. The molecule has 0 aromatic carbocycles. The zero-order valence-corrected chi connectivity index (χ0v) is 17.2. The Hall–Kier alpha value is -0.670. The largest absolute Gasteiger partial charge is 0.354 e. The monoisotopic (exact) mass is 409 g/mol. The molecule has 1 saturated heterocycles. The maximum Gasteiger partial charge on any atom is 0.252 e. The molecule has 0 atom stereocenters. The van der Waals surface area contributed by atoms with Crippen LogP contribution >= 0.6 is 23.7 Å². The lowest BCUT2D eigenvalue weighted by atomic mass is 9.94. The van der Waals surface area contributed by atoms with Crippen molar-refractivity contribution in [2.24, 2.45) is 5.73 Å². The Labute approximate surface area is 160 Å². The molecule has 2 heterocycles. The molecule has 6 nitrogen and oxygen atoms in total. The Balaban J connectivity index is 0.00000312. The van der Waals surface area contributed by atoms with Gasteiger partial charge in [0.2, 0.25) is 5.91 Å². The van der Waals surface area contributed by atoms with Crippen LogP contribution in [0.2, 0.25) is 0 Å². The summed E-state index contributed by atoms with van der Waals surface area (Å²) in [5.74, 6) is -0.126. The molecule has 1 aliphatic heterocycles. The van der Waals surface area contributed by atoms with Crippen LogP contribution < -0.4 is 11.1 Å². The summed E-state index contributed by atoms with van der Waals surface area (Å²) in [6.07, 6.45) is 3.59. The van der Waals surface area contributed by atoms with E-state index in [4.69, 9.17) is 5.73 Å².